The van der Waals surface area contributed by atoms with Crippen LogP contribution in [-0.4, -0.2) is 6.04 Å². The zero-order valence-corrected chi connectivity index (χ0v) is 13.2. The maximum Gasteiger partial charge on any atom is 0.139 e. The van der Waals surface area contributed by atoms with E-state index in [1.807, 2.05) is 19.1 Å². The summed E-state index contributed by atoms with van der Waals surface area (Å²) in [5.74, 6) is 0.219. The summed E-state index contributed by atoms with van der Waals surface area (Å²) in [7, 11) is 0. The SMILES string of the molecule is CC(N)C(Oc1ccc(F)cc1Br)c1ccc(Cl)cc1. The third-order valence-electron chi connectivity index (χ3n) is 2.82. The van der Waals surface area contributed by atoms with Gasteiger partial charge in [0.25, 0.3) is 0 Å². The fourth-order valence-corrected chi connectivity index (χ4v) is 2.41. The van der Waals surface area contributed by atoms with Crippen molar-refractivity contribution in [2.24, 2.45) is 5.73 Å². The van der Waals surface area contributed by atoms with Gasteiger partial charge in [-0.15, -0.1) is 0 Å². The van der Waals surface area contributed by atoms with Gasteiger partial charge in [0.1, 0.15) is 17.7 Å². The Balaban J connectivity index is 2.28. The lowest BCUT2D eigenvalue weighted by molar-refractivity contribution is 0.179. The number of hydrogen-bond donors (Lipinski definition) is 1. The second-order valence-corrected chi connectivity index (χ2v) is 5.81. The topological polar surface area (TPSA) is 35.2 Å². The van der Waals surface area contributed by atoms with Gasteiger partial charge in [0.05, 0.1) is 4.47 Å². The first-order chi connectivity index (χ1) is 9.47. The van der Waals surface area contributed by atoms with Gasteiger partial charge in [0.15, 0.2) is 0 Å². The second kappa shape index (κ2) is 6.57. The fraction of sp³-hybridized carbons (Fsp3) is 0.200. The molecule has 2 aromatic carbocycles. The molecule has 0 bridgehead atoms. The van der Waals surface area contributed by atoms with E-state index in [4.69, 9.17) is 22.1 Å². The van der Waals surface area contributed by atoms with Gasteiger partial charge >= 0.3 is 0 Å². The summed E-state index contributed by atoms with van der Waals surface area (Å²) < 4.78 is 19.5. The Labute approximate surface area is 130 Å². The molecule has 0 fully saturated rings. The molecule has 2 rings (SSSR count). The van der Waals surface area contributed by atoms with E-state index in [1.165, 1.54) is 12.1 Å². The van der Waals surface area contributed by atoms with Crippen molar-refractivity contribution in [2.45, 2.75) is 19.1 Å². The first-order valence-corrected chi connectivity index (χ1v) is 7.27. The number of hydrogen-bond acceptors (Lipinski definition) is 2. The van der Waals surface area contributed by atoms with E-state index in [9.17, 15) is 4.39 Å². The smallest absolute Gasteiger partial charge is 0.139 e. The van der Waals surface area contributed by atoms with Crippen molar-refractivity contribution < 1.29 is 9.13 Å². The zero-order chi connectivity index (χ0) is 14.7. The zero-order valence-electron chi connectivity index (χ0n) is 10.8. The van der Waals surface area contributed by atoms with E-state index in [0.717, 1.165) is 5.56 Å². The fourth-order valence-electron chi connectivity index (χ4n) is 1.84. The van der Waals surface area contributed by atoms with Gasteiger partial charge in [-0.3, -0.25) is 0 Å². The Hall–Kier alpha value is -1.10. The molecule has 2 N–H and O–H groups in total. The Morgan fingerprint density at radius 1 is 1.20 bits per heavy atom. The summed E-state index contributed by atoms with van der Waals surface area (Å²) >= 11 is 9.16. The van der Waals surface area contributed by atoms with Crippen molar-refractivity contribution >= 4 is 27.5 Å². The van der Waals surface area contributed by atoms with E-state index in [2.05, 4.69) is 15.9 Å². The minimum atomic E-state index is -0.339. The lowest BCUT2D eigenvalue weighted by Gasteiger charge is -2.23. The van der Waals surface area contributed by atoms with E-state index in [1.54, 1.807) is 18.2 Å². The molecule has 0 aliphatic heterocycles. The molecule has 20 heavy (non-hydrogen) atoms. The van der Waals surface area contributed by atoms with Crippen LogP contribution in [0.1, 0.15) is 18.6 Å². The average Bonchev–Trinajstić information content (AvgIpc) is 2.39. The van der Waals surface area contributed by atoms with Gasteiger partial charge in [0.2, 0.25) is 0 Å². The maximum atomic E-state index is 13.1. The van der Waals surface area contributed by atoms with Crippen LogP contribution in [0.2, 0.25) is 5.02 Å². The van der Waals surface area contributed by atoms with Crippen LogP contribution in [0.15, 0.2) is 46.9 Å². The summed E-state index contributed by atoms with van der Waals surface area (Å²) in [5, 5.41) is 0.653. The van der Waals surface area contributed by atoms with E-state index in [0.29, 0.717) is 15.2 Å². The molecule has 0 saturated carbocycles. The summed E-state index contributed by atoms with van der Waals surface area (Å²) in [6, 6.07) is 11.4. The molecule has 0 heterocycles. The predicted molar refractivity (Wildman–Crippen MR) is 82.6 cm³/mol. The van der Waals surface area contributed by atoms with Gasteiger partial charge in [-0.25, -0.2) is 4.39 Å². The Morgan fingerprint density at radius 2 is 1.85 bits per heavy atom. The van der Waals surface area contributed by atoms with Crippen molar-refractivity contribution in [3.05, 3.63) is 63.3 Å². The van der Waals surface area contributed by atoms with Crippen LogP contribution in [0.4, 0.5) is 4.39 Å². The van der Waals surface area contributed by atoms with E-state index < -0.39 is 0 Å². The molecule has 0 spiro atoms. The standard InChI is InChI=1S/C15H14BrClFNO/c1-9(19)15(10-2-4-11(17)5-3-10)20-14-7-6-12(18)8-13(14)16/h2-9,15H,19H2,1H3. The van der Waals surface area contributed by atoms with Crippen molar-refractivity contribution in [2.75, 3.05) is 0 Å². The normalized spacial score (nSPS) is 13.8. The molecule has 0 radical (unpaired) electrons. The molecule has 2 nitrogen and oxygen atoms in total. The molecule has 2 unspecified atom stereocenters. The van der Waals surface area contributed by atoms with Crippen LogP contribution in [-0.2, 0) is 0 Å². The Morgan fingerprint density at radius 3 is 2.40 bits per heavy atom. The highest BCUT2D eigenvalue weighted by Gasteiger charge is 2.19. The summed E-state index contributed by atoms with van der Waals surface area (Å²) in [6.45, 7) is 1.86. The molecule has 0 saturated heterocycles. The molecule has 106 valence electrons. The molecular weight excluding hydrogens is 345 g/mol. The maximum absolute atomic E-state index is 13.1. The number of ether oxygens (including phenoxy) is 1. The third kappa shape index (κ3) is 3.72. The predicted octanol–water partition coefficient (Wildman–Crippen LogP) is 4.71. The minimum Gasteiger partial charge on any atom is -0.483 e. The van der Waals surface area contributed by atoms with Crippen molar-refractivity contribution in [3.8, 4) is 5.75 Å². The third-order valence-corrected chi connectivity index (χ3v) is 3.70. The van der Waals surface area contributed by atoms with E-state index in [-0.39, 0.29) is 18.0 Å². The molecular formula is C15H14BrClFNO. The van der Waals surface area contributed by atoms with Gasteiger partial charge in [-0.1, -0.05) is 23.7 Å². The highest BCUT2D eigenvalue weighted by atomic mass is 79.9. The van der Waals surface area contributed by atoms with E-state index >= 15 is 0 Å². The van der Waals surface area contributed by atoms with Crippen molar-refractivity contribution in [1.82, 2.24) is 0 Å². The molecule has 5 heteroatoms. The number of halogens is 3. The van der Waals surface area contributed by atoms with Crippen LogP contribution in [0.25, 0.3) is 0 Å². The number of benzene rings is 2. The monoisotopic (exact) mass is 357 g/mol. The number of nitrogens with two attached hydrogens (primary N) is 1. The van der Waals surface area contributed by atoms with Gasteiger partial charge in [0, 0.05) is 11.1 Å². The summed E-state index contributed by atoms with van der Waals surface area (Å²) in [4.78, 5) is 0. The molecule has 2 atom stereocenters. The first kappa shape index (κ1) is 15.3. The Bertz CT molecular complexity index is 589. The lowest BCUT2D eigenvalue weighted by atomic mass is 10.0. The summed E-state index contributed by atoms with van der Waals surface area (Å²) in [5.41, 5.74) is 6.90. The molecule has 0 amide bonds. The van der Waals surface area contributed by atoms with Gasteiger partial charge < -0.3 is 10.5 Å². The number of rotatable bonds is 4. The van der Waals surface area contributed by atoms with Crippen molar-refractivity contribution in [3.63, 3.8) is 0 Å². The highest BCUT2D eigenvalue weighted by molar-refractivity contribution is 9.10. The average molecular weight is 359 g/mol. The van der Waals surface area contributed by atoms with Crippen LogP contribution in [0, 0.1) is 5.82 Å². The molecule has 0 aromatic heterocycles. The second-order valence-electron chi connectivity index (χ2n) is 4.52. The molecule has 0 aliphatic rings. The Kier molecular flexibility index (Phi) is 5.02. The van der Waals surface area contributed by atoms with Crippen LogP contribution in [0.3, 0.4) is 0 Å². The quantitative estimate of drug-likeness (QED) is 0.859. The van der Waals surface area contributed by atoms with Gasteiger partial charge in [-0.05, 0) is 58.7 Å². The largest absolute Gasteiger partial charge is 0.483 e. The van der Waals surface area contributed by atoms with Crippen LogP contribution in [0.5, 0.6) is 5.75 Å². The lowest BCUT2D eigenvalue weighted by Crippen LogP contribution is -2.29. The first-order valence-electron chi connectivity index (χ1n) is 6.10. The van der Waals surface area contributed by atoms with Crippen LogP contribution < -0.4 is 10.5 Å². The highest BCUT2D eigenvalue weighted by Crippen LogP contribution is 2.31. The molecule has 0 aliphatic carbocycles. The van der Waals surface area contributed by atoms with Crippen LogP contribution >= 0.6 is 27.5 Å². The van der Waals surface area contributed by atoms with Gasteiger partial charge in [-0.2, -0.15) is 0 Å². The summed E-state index contributed by atoms with van der Waals surface area (Å²) in [6.07, 6.45) is -0.339. The minimum absolute atomic E-state index is 0.229. The van der Waals surface area contributed by atoms with Crippen molar-refractivity contribution in [1.29, 1.82) is 0 Å². The molecule has 2 aromatic rings.